The van der Waals surface area contributed by atoms with E-state index < -0.39 is 0 Å². The van der Waals surface area contributed by atoms with Gasteiger partial charge in [0.2, 0.25) is 0 Å². The summed E-state index contributed by atoms with van der Waals surface area (Å²) < 4.78 is 12.1. The van der Waals surface area contributed by atoms with Crippen molar-refractivity contribution in [2.75, 3.05) is 19.0 Å². The zero-order valence-corrected chi connectivity index (χ0v) is 28.7. The zero-order chi connectivity index (χ0) is 31.4. The van der Waals surface area contributed by atoms with Crippen LogP contribution in [0.15, 0.2) is 70.9 Å². The Balaban J connectivity index is 1.50. The Morgan fingerprint density at radius 3 is 1.86 bits per heavy atom. The number of thiol groups is 1. The van der Waals surface area contributed by atoms with E-state index in [9.17, 15) is 0 Å². The van der Waals surface area contributed by atoms with Crippen LogP contribution in [0.2, 0.25) is 0 Å². The fraction of sp³-hybridized carbons (Fsp3) is 0.538. The molecule has 0 radical (unpaired) electrons. The minimum absolute atomic E-state index is 0.401. The number of rotatable bonds is 22. The van der Waals surface area contributed by atoms with E-state index in [2.05, 4.69) is 99.1 Å². The highest BCUT2D eigenvalue weighted by atomic mass is 32.1. The molecule has 5 heteroatoms. The van der Waals surface area contributed by atoms with Gasteiger partial charge in [0.1, 0.15) is 11.5 Å². The van der Waals surface area contributed by atoms with Crippen molar-refractivity contribution in [1.29, 1.82) is 0 Å². The van der Waals surface area contributed by atoms with Crippen molar-refractivity contribution in [3.63, 3.8) is 0 Å². The van der Waals surface area contributed by atoms with E-state index in [0.717, 1.165) is 67.5 Å². The van der Waals surface area contributed by atoms with Gasteiger partial charge in [-0.15, -0.1) is 0 Å². The summed E-state index contributed by atoms with van der Waals surface area (Å²) in [6, 6.07) is 20.9. The Bertz CT molecular complexity index is 1240. The molecule has 0 aromatic heterocycles. The summed E-state index contributed by atoms with van der Waals surface area (Å²) in [5, 5.41) is 9.18. The molecule has 0 amide bonds. The topological polar surface area (TPSA) is 43.2 Å². The largest absolute Gasteiger partial charge is 0.494 e. The molecule has 3 rings (SSSR count). The van der Waals surface area contributed by atoms with Crippen LogP contribution < -0.4 is 9.47 Å². The molecule has 0 saturated carbocycles. The number of aryl methyl sites for hydroxylation is 1. The minimum Gasteiger partial charge on any atom is -0.494 e. The summed E-state index contributed by atoms with van der Waals surface area (Å²) in [6.45, 7) is 10.3. The van der Waals surface area contributed by atoms with Gasteiger partial charge in [-0.2, -0.15) is 22.9 Å². The van der Waals surface area contributed by atoms with E-state index in [4.69, 9.17) is 9.47 Å². The van der Waals surface area contributed by atoms with Crippen LogP contribution in [-0.4, -0.2) is 19.0 Å². The maximum absolute atomic E-state index is 6.28. The van der Waals surface area contributed by atoms with Gasteiger partial charge in [0.15, 0.2) is 0 Å². The molecule has 1 atom stereocenters. The lowest BCUT2D eigenvalue weighted by Crippen LogP contribution is -2.02. The lowest BCUT2D eigenvalue weighted by molar-refractivity contribution is 0.299. The van der Waals surface area contributed by atoms with Gasteiger partial charge in [-0.05, 0) is 109 Å². The summed E-state index contributed by atoms with van der Waals surface area (Å²) in [4.78, 5) is 0. The van der Waals surface area contributed by atoms with Gasteiger partial charge in [0.05, 0.1) is 24.6 Å². The van der Waals surface area contributed by atoms with E-state index >= 15 is 0 Å². The van der Waals surface area contributed by atoms with Gasteiger partial charge in [0.25, 0.3) is 0 Å². The van der Waals surface area contributed by atoms with Crippen molar-refractivity contribution in [2.24, 2.45) is 10.2 Å². The van der Waals surface area contributed by atoms with Crippen LogP contribution >= 0.6 is 12.6 Å². The molecule has 3 aromatic carbocycles. The summed E-state index contributed by atoms with van der Waals surface area (Å²) in [7, 11) is 0. The Kier molecular flexibility index (Phi) is 17.1. The van der Waals surface area contributed by atoms with Gasteiger partial charge in [-0.1, -0.05) is 96.8 Å². The molecule has 0 aliphatic rings. The Labute approximate surface area is 273 Å². The first-order valence-corrected chi connectivity index (χ1v) is 17.8. The highest BCUT2D eigenvalue weighted by Gasteiger charge is 2.12. The van der Waals surface area contributed by atoms with E-state index in [1.54, 1.807) is 0 Å². The molecule has 0 aliphatic carbocycles. The molecule has 0 heterocycles. The van der Waals surface area contributed by atoms with Crippen LogP contribution in [0.5, 0.6) is 11.5 Å². The van der Waals surface area contributed by atoms with Crippen molar-refractivity contribution >= 4 is 24.0 Å². The average Bonchev–Trinajstić information content (AvgIpc) is 3.05. The SMILES string of the molecule is CCCCOc1ccc(-c2ccc(N=Nc3ccc(OCCCCCCCCCCCCS)c(C(C)CC)c3)cc2C)cc1. The minimum atomic E-state index is 0.401. The molecule has 0 saturated heterocycles. The highest BCUT2D eigenvalue weighted by molar-refractivity contribution is 7.80. The van der Waals surface area contributed by atoms with Gasteiger partial charge < -0.3 is 9.47 Å². The smallest absolute Gasteiger partial charge is 0.122 e. The van der Waals surface area contributed by atoms with E-state index in [-0.39, 0.29) is 0 Å². The third-order valence-electron chi connectivity index (χ3n) is 8.37. The second-order valence-corrected chi connectivity index (χ2v) is 12.5. The molecule has 1 unspecified atom stereocenters. The predicted octanol–water partition coefficient (Wildman–Crippen LogP) is 13.0. The van der Waals surface area contributed by atoms with Gasteiger partial charge in [-0.3, -0.25) is 0 Å². The van der Waals surface area contributed by atoms with Crippen LogP contribution in [-0.2, 0) is 0 Å². The maximum atomic E-state index is 6.28. The number of benzene rings is 3. The Morgan fingerprint density at radius 2 is 1.25 bits per heavy atom. The lowest BCUT2D eigenvalue weighted by Gasteiger charge is -2.16. The van der Waals surface area contributed by atoms with E-state index in [0.29, 0.717) is 5.92 Å². The molecule has 3 aromatic rings. The van der Waals surface area contributed by atoms with Crippen molar-refractivity contribution in [3.05, 3.63) is 71.8 Å². The third-order valence-corrected chi connectivity index (χ3v) is 8.69. The van der Waals surface area contributed by atoms with Crippen molar-refractivity contribution in [2.45, 2.75) is 117 Å². The fourth-order valence-corrected chi connectivity index (χ4v) is 5.58. The normalized spacial score (nSPS) is 12.1. The third kappa shape index (κ3) is 12.7. The number of ether oxygens (including phenoxy) is 2. The number of hydrogen-bond donors (Lipinski definition) is 1. The van der Waals surface area contributed by atoms with E-state index in [1.165, 1.54) is 80.0 Å². The number of unbranched alkanes of at least 4 members (excludes halogenated alkanes) is 10. The summed E-state index contributed by atoms with van der Waals surface area (Å²) >= 11 is 4.29. The number of azo groups is 1. The van der Waals surface area contributed by atoms with Crippen molar-refractivity contribution in [1.82, 2.24) is 0 Å². The molecular formula is C39H56N2O2S. The molecule has 4 nitrogen and oxygen atoms in total. The van der Waals surface area contributed by atoms with Crippen molar-refractivity contribution < 1.29 is 9.47 Å². The van der Waals surface area contributed by atoms with Crippen LogP contribution in [0.25, 0.3) is 11.1 Å². The standard InChI is InChI=1S/C39H56N2O2S/c1-5-7-26-42-36-22-18-33(19-23-36)37-24-20-34(29-32(37)4)40-41-35-21-25-39(38(30-35)31(3)6-2)43-27-16-14-12-10-8-9-11-13-15-17-28-44/h18-25,29-31,44H,5-17,26-28H2,1-4H3. The molecule has 44 heavy (non-hydrogen) atoms. The molecule has 0 bridgehead atoms. The quantitative estimate of drug-likeness (QED) is 0.0693. The fourth-order valence-electron chi connectivity index (χ4n) is 5.36. The number of nitrogens with zero attached hydrogens (tertiary/aromatic N) is 2. The molecule has 0 N–H and O–H groups in total. The molecule has 0 spiro atoms. The highest BCUT2D eigenvalue weighted by Crippen LogP contribution is 2.34. The monoisotopic (exact) mass is 616 g/mol. The molecule has 0 aliphatic heterocycles. The van der Waals surface area contributed by atoms with Crippen LogP contribution in [0, 0.1) is 6.92 Å². The summed E-state index contributed by atoms with van der Waals surface area (Å²) in [6.07, 6.45) is 16.3. The van der Waals surface area contributed by atoms with Crippen LogP contribution in [0.1, 0.15) is 121 Å². The molecular weight excluding hydrogens is 561 g/mol. The van der Waals surface area contributed by atoms with E-state index in [1.807, 2.05) is 12.1 Å². The lowest BCUT2D eigenvalue weighted by atomic mass is 9.97. The first-order valence-electron chi connectivity index (χ1n) is 17.2. The first-order chi connectivity index (χ1) is 21.5. The Hall–Kier alpha value is -2.79. The van der Waals surface area contributed by atoms with Gasteiger partial charge >= 0.3 is 0 Å². The molecule has 0 fully saturated rings. The van der Waals surface area contributed by atoms with Gasteiger partial charge in [0, 0.05) is 0 Å². The zero-order valence-electron chi connectivity index (χ0n) is 27.8. The predicted molar refractivity (Wildman–Crippen MR) is 192 cm³/mol. The van der Waals surface area contributed by atoms with Gasteiger partial charge in [-0.25, -0.2) is 0 Å². The second kappa shape index (κ2) is 21.0. The first kappa shape index (κ1) is 35.7. The average molecular weight is 617 g/mol. The Morgan fingerprint density at radius 1 is 0.659 bits per heavy atom. The second-order valence-electron chi connectivity index (χ2n) is 12.1. The van der Waals surface area contributed by atoms with Crippen LogP contribution in [0.3, 0.4) is 0 Å². The summed E-state index contributed by atoms with van der Waals surface area (Å²) in [5.41, 5.74) is 6.47. The summed E-state index contributed by atoms with van der Waals surface area (Å²) in [5.74, 6) is 3.34. The maximum Gasteiger partial charge on any atom is 0.122 e. The molecule has 240 valence electrons. The van der Waals surface area contributed by atoms with Crippen LogP contribution in [0.4, 0.5) is 11.4 Å². The van der Waals surface area contributed by atoms with Crippen molar-refractivity contribution in [3.8, 4) is 22.6 Å². The number of hydrogen-bond acceptors (Lipinski definition) is 5.